The van der Waals surface area contributed by atoms with E-state index in [4.69, 9.17) is 4.74 Å². The SMILES string of the molecule is CCC(C(OC)N(C)C)[N+](=O)[O-]. The monoisotopic (exact) mass is 176 g/mol. The number of ether oxygens (including phenoxy) is 1. The minimum atomic E-state index is -0.648. The van der Waals surface area contributed by atoms with E-state index in [1.54, 1.807) is 25.9 Å². The van der Waals surface area contributed by atoms with E-state index >= 15 is 0 Å². The summed E-state index contributed by atoms with van der Waals surface area (Å²) in [4.78, 5) is 11.9. The zero-order valence-corrected chi connectivity index (χ0v) is 7.98. The summed E-state index contributed by atoms with van der Waals surface area (Å²) in [5, 5.41) is 10.5. The number of methoxy groups -OCH3 is 1. The van der Waals surface area contributed by atoms with Gasteiger partial charge in [-0.05, 0) is 14.1 Å². The van der Waals surface area contributed by atoms with E-state index in [0.29, 0.717) is 6.42 Å². The van der Waals surface area contributed by atoms with E-state index in [1.807, 2.05) is 0 Å². The van der Waals surface area contributed by atoms with E-state index in [9.17, 15) is 10.1 Å². The molecule has 0 amide bonds. The molecule has 0 saturated heterocycles. The first-order valence-corrected chi connectivity index (χ1v) is 3.87. The van der Waals surface area contributed by atoms with E-state index in [0.717, 1.165) is 0 Å². The van der Waals surface area contributed by atoms with Crippen LogP contribution in [0.15, 0.2) is 0 Å². The minimum absolute atomic E-state index is 0.297. The number of rotatable bonds is 5. The van der Waals surface area contributed by atoms with E-state index in [2.05, 4.69) is 0 Å². The van der Waals surface area contributed by atoms with Crippen LogP contribution in [0.1, 0.15) is 13.3 Å². The molecule has 72 valence electrons. The Kier molecular flexibility index (Phi) is 4.77. The van der Waals surface area contributed by atoms with Crippen LogP contribution in [-0.4, -0.2) is 43.3 Å². The summed E-state index contributed by atoms with van der Waals surface area (Å²) in [7, 11) is 5.01. The molecule has 0 saturated carbocycles. The molecule has 5 nitrogen and oxygen atoms in total. The zero-order valence-electron chi connectivity index (χ0n) is 7.98. The second kappa shape index (κ2) is 5.05. The first kappa shape index (κ1) is 11.3. The van der Waals surface area contributed by atoms with Gasteiger partial charge in [-0.2, -0.15) is 0 Å². The Balaban J connectivity index is 4.33. The van der Waals surface area contributed by atoms with Crippen LogP contribution in [0.4, 0.5) is 0 Å². The van der Waals surface area contributed by atoms with Crippen LogP contribution in [0.2, 0.25) is 0 Å². The van der Waals surface area contributed by atoms with Gasteiger partial charge in [-0.25, -0.2) is 0 Å². The number of nitro groups is 1. The van der Waals surface area contributed by atoms with Crippen molar-refractivity contribution in [2.45, 2.75) is 25.6 Å². The summed E-state index contributed by atoms with van der Waals surface area (Å²) in [6, 6.07) is -0.648. The van der Waals surface area contributed by atoms with Gasteiger partial charge in [0.05, 0.1) is 0 Å². The van der Waals surface area contributed by atoms with Crippen LogP contribution in [0, 0.1) is 10.1 Å². The van der Waals surface area contributed by atoms with Crippen molar-refractivity contribution in [3.05, 3.63) is 10.1 Å². The maximum absolute atomic E-state index is 10.5. The zero-order chi connectivity index (χ0) is 9.72. The van der Waals surface area contributed by atoms with Gasteiger partial charge in [0.15, 0.2) is 6.23 Å². The molecule has 0 aromatic heterocycles. The van der Waals surface area contributed by atoms with Gasteiger partial charge in [0.2, 0.25) is 0 Å². The molecule has 2 unspecified atom stereocenters. The fourth-order valence-electron chi connectivity index (χ4n) is 1.17. The molecular weight excluding hydrogens is 160 g/mol. The smallest absolute Gasteiger partial charge is 0.251 e. The maximum Gasteiger partial charge on any atom is 0.251 e. The fraction of sp³-hybridized carbons (Fsp3) is 1.00. The summed E-state index contributed by atoms with van der Waals surface area (Å²) in [6.45, 7) is 1.78. The average molecular weight is 176 g/mol. The molecule has 0 aliphatic rings. The number of nitrogens with zero attached hydrogens (tertiary/aromatic N) is 2. The summed E-state index contributed by atoms with van der Waals surface area (Å²) in [5.74, 6) is 0. The van der Waals surface area contributed by atoms with Crippen molar-refractivity contribution in [2.75, 3.05) is 21.2 Å². The molecular formula is C7H16N2O3. The molecule has 0 rings (SSSR count). The molecule has 0 aromatic rings. The maximum atomic E-state index is 10.5. The van der Waals surface area contributed by atoms with Crippen molar-refractivity contribution in [3.8, 4) is 0 Å². The lowest BCUT2D eigenvalue weighted by molar-refractivity contribution is -0.541. The van der Waals surface area contributed by atoms with Gasteiger partial charge < -0.3 is 4.74 Å². The van der Waals surface area contributed by atoms with Crippen molar-refractivity contribution in [1.29, 1.82) is 0 Å². The highest BCUT2D eigenvalue weighted by Gasteiger charge is 2.31. The molecule has 0 radical (unpaired) electrons. The third kappa shape index (κ3) is 2.75. The minimum Gasteiger partial charge on any atom is -0.359 e. The van der Waals surface area contributed by atoms with Gasteiger partial charge >= 0.3 is 0 Å². The fourth-order valence-corrected chi connectivity index (χ4v) is 1.17. The lowest BCUT2D eigenvalue weighted by Gasteiger charge is -2.24. The van der Waals surface area contributed by atoms with E-state index in [1.165, 1.54) is 7.11 Å². The van der Waals surface area contributed by atoms with Crippen LogP contribution in [0.3, 0.4) is 0 Å². The Morgan fingerprint density at radius 2 is 2.08 bits per heavy atom. The van der Waals surface area contributed by atoms with E-state index < -0.39 is 12.3 Å². The van der Waals surface area contributed by atoms with Crippen molar-refractivity contribution < 1.29 is 9.66 Å². The predicted molar refractivity (Wildman–Crippen MR) is 45.6 cm³/mol. The quantitative estimate of drug-likeness (QED) is 0.349. The first-order chi connectivity index (χ1) is 5.54. The third-order valence-electron chi connectivity index (χ3n) is 1.77. The van der Waals surface area contributed by atoms with Gasteiger partial charge in [-0.3, -0.25) is 15.0 Å². The number of likely N-dealkylation sites (N-methyl/N-ethyl adjacent to an activating group) is 1. The lowest BCUT2D eigenvalue weighted by atomic mass is 10.2. The molecule has 0 aliphatic heterocycles. The highest BCUT2D eigenvalue weighted by atomic mass is 16.6. The van der Waals surface area contributed by atoms with Gasteiger partial charge in [0.1, 0.15) is 0 Å². The van der Waals surface area contributed by atoms with E-state index in [-0.39, 0.29) is 4.92 Å². The van der Waals surface area contributed by atoms with Crippen molar-refractivity contribution in [1.82, 2.24) is 4.90 Å². The molecule has 0 aliphatic carbocycles. The van der Waals surface area contributed by atoms with Gasteiger partial charge in [-0.1, -0.05) is 6.92 Å². The Morgan fingerprint density at radius 3 is 2.17 bits per heavy atom. The van der Waals surface area contributed by atoms with Crippen LogP contribution < -0.4 is 0 Å². The summed E-state index contributed by atoms with van der Waals surface area (Å²) in [5.41, 5.74) is 0. The predicted octanol–water partition coefficient (Wildman–Crippen LogP) is 0.576. The van der Waals surface area contributed by atoms with Crippen molar-refractivity contribution in [2.24, 2.45) is 0 Å². The Hall–Kier alpha value is -0.680. The number of hydrogen-bond donors (Lipinski definition) is 0. The molecule has 0 heterocycles. The van der Waals surface area contributed by atoms with Gasteiger partial charge in [-0.15, -0.1) is 0 Å². The topological polar surface area (TPSA) is 55.6 Å². The van der Waals surface area contributed by atoms with Crippen LogP contribution >= 0.6 is 0 Å². The Bertz CT molecular complexity index is 150. The molecule has 0 N–H and O–H groups in total. The largest absolute Gasteiger partial charge is 0.359 e. The summed E-state index contributed by atoms with van der Waals surface area (Å²) < 4.78 is 5.01. The van der Waals surface area contributed by atoms with Crippen molar-refractivity contribution in [3.63, 3.8) is 0 Å². The van der Waals surface area contributed by atoms with Crippen molar-refractivity contribution >= 4 is 0 Å². The van der Waals surface area contributed by atoms with Gasteiger partial charge in [0, 0.05) is 18.5 Å². The second-order valence-electron chi connectivity index (χ2n) is 2.85. The Morgan fingerprint density at radius 1 is 1.58 bits per heavy atom. The lowest BCUT2D eigenvalue weighted by Crippen LogP contribution is -2.44. The summed E-state index contributed by atoms with van der Waals surface area (Å²) in [6.07, 6.45) is 0.0361. The van der Waals surface area contributed by atoms with Crippen LogP contribution in [0.5, 0.6) is 0 Å². The molecule has 0 spiro atoms. The second-order valence-corrected chi connectivity index (χ2v) is 2.85. The molecule has 12 heavy (non-hydrogen) atoms. The summed E-state index contributed by atoms with van der Waals surface area (Å²) >= 11 is 0. The van der Waals surface area contributed by atoms with Gasteiger partial charge in [0.25, 0.3) is 6.04 Å². The first-order valence-electron chi connectivity index (χ1n) is 3.87. The highest BCUT2D eigenvalue weighted by Crippen LogP contribution is 2.08. The molecule has 0 bridgehead atoms. The van der Waals surface area contributed by atoms with Crippen LogP contribution in [-0.2, 0) is 4.74 Å². The Labute approximate surface area is 72.5 Å². The third-order valence-corrected chi connectivity index (χ3v) is 1.77. The molecule has 2 atom stereocenters. The molecule has 5 heteroatoms. The van der Waals surface area contributed by atoms with Crippen LogP contribution in [0.25, 0.3) is 0 Å². The standard InChI is InChI=1S/C7H16N2O3/c1-5-6(9(10)11)7(12-4)8(2)3/h6-7H,5H2,1-4H3. The highest BCUT2D eigenvalue weighted by molar-refractivity contribution is 4.64. The average Bonchev–Trinajstić information content (AvgIpc) is 1.98. The normalized spacial score (nSPS) is 16.1. The molecule has 0 aromatic carbocycles. The number of hydrogen-bond acceptors (Lipinski definition) is 4. The molecule has 0 fully saturated rings.